The molecule has 0 saturated carbocycles. The van der Waals surface area contributed by atoms with Crippen molar-refractivity contribution in [3.63, 3.8) is 0 Å². The van der Waals surface area contributed by atoms with Gasteiger partial charge in [-0.15, -0.1) is 0 Å². The van der Waals surface area contributed by atoms with E-state index in [9.17, 15) is 0 Å². The average Bonchev–Trinajstić information content (AvgIpc) is 3.25. The Labute approximate surface area is 177 Å². The van der Waals surface area contributed by atoms with Gasteiger partial charge < -0.3 is 9.47 Å². The Balaban J connectivity index is 1.82. The molecule has 0 aliphatic carbocycles. The molecule has 0 bridgehead atoms. The van der Waals surface area contributed by atoms with Crippen molar-refractivity contribution in [2.75, 3.05) is 6.61 Å². The number of benzene rings is 1. The Morgan fingerprint density at radius 3 is 2.75 bits per heavy atom. The van der Waals surface area contributed by atoms with Crippen molar-refractivity contribution < 1.29 is 9.47 Å². The van der Waals surface area contributed by atoms with Crippen LogP contribution >= 0.6 is 23.2 Å². The lowest BCUT2D eigenvalue weighted by Crippen LogP contribution is -2.40. The normalized spacial score (nSPS) is 18.6. The van der Waals surface area contributed by atoms with Gasteiger partial charge in [-0.1, -0.05) is 57.3 Å². The first-order valence-electron chi connectivity index (χ1n) is 9.90. The van der Waals surface area contributed by atoms with Crippen molar-refractivity contribution in [3.8, 4) is 5.75 Å². The Kier molecular flexibility index (Phi) is 6.89. The fourth-order valence-corrected chi connectivity index (χ4v) is 4.34. The summed E-state index contributed by atoms with van der Waals surface area (Å²) in [5.41, 5.74) is 0.962. The zero-order valence-electron chi connectivity index (χ0n) is 17.0. The molecule has 3 atom stereocenters. The van der Waals surface area contributed by atoms with Crippen LogP contribution in [-0.2, 0) is 11.2 Å². The van der Waals surface area contributed by atoms with Gasteiger partial charge in [-0.05, 0) is 24.0 Å². The van der Waals surface area contributed by atoms with Gasteiger partial charge in [-0.3, -0.25) is 0 Å². The molecule has 0 spiro atoms. The molecule has 7 heteroatoms. The number of fused-ring (bicyclic) bond motifs is 1. The van der Waals surface area contributed by atoms with Gasteiger partial charge in [0.2, 0.25) is 0 Å². The molecule has 2 aromatic rings. The van der Waals surface area contributed by atoms with Crippen LogP contribution in [-0.4, -0.2) is 33.6 Å². The SMILES string of the molecule is CCCCOC(C(CC1Cc2c(Cl)cc(Cl)cc2O1)n1cncn1)C(C)(C)C. The Morgan fingerprint density at radius 1 is 1.32 bits per heavy atom. The summed E-state index contributed by atoms with van der Waals surface area (Å²) in [5.74, 6) is 0.777. The first-order chi connectivity index (χ1) is 13.3. The van der Waals surface area contributed by atoms with Gasteiger partial charge in [0.05, 0.1) is 12.1 Å². The number of ether oxygens (including phenoxy) is 2. The van der Waals surface area contributed by atoms with Gasteiger partial charge in [0.25, 0.3) is 0 Å². The van der Waals surface area contributed by atoms with Crippen LogP contribution in [0.3, 0.4) is 0 Å². The minimum Gasteiger partial charge on any atom is -0.490 e. The number of hydrogen-bond donors (Lipinski definition) is 0. The van der Waals surface area contributed by atoms with E-state index in [1.807, 2.05) is 10.7 Å². The molecule has 1 aromatic carbocycles. The molecule has 0 N–H and O–H groups in total. The van der Waals surface area contributed by atoms with E-state index in [1.165, 1.54) is 0 Å². The molecule has 2 heterocycles. The maximum atomic E-state index is 6.38. The van der Waals surface area contributed by atoms with E-state index in [0.29, 0.717) is 10.0 Å². The number of unbranched alkanes of at least 4 members (excludes halogenated alkanes) is 1. The third-order valence-electron chi connectivity index (χ3n) is 5.12. The first kappa shape index (κ1) is 21.4. The van der Waals surface area contributed by atoms with Gasteiger partial charge in [0.1, 0.15) is 24.5 Å². The van der Waals surface area contributed by atoms with Crippen LogP contribution in [0.2, 0.25) is 10.0 Å². The van der Waals surface area contributed by atoms with E-state index in [1.54, 1.807) is 18.7 Å². The van der Waals surface area contributed by atoms with Crippen molar-refractivity contribution in [1.82, 2.24) is 14.8 Å². The minimum atomic E-state index is -0.0588. The highest BCUT2D eigenvalue weighted by atomic mass is 35.5. The maximum absolute atomic E-state index is 6.38. The number of rotatable bonds is 8. The van der Waals surface area contributed by atoms with Crippen molar-refractivity contribution in [1.29, 1.82) is 0 Å². The second kappa shape index (κ2) is 9.02. The predicted molar refractivity (Wildman–Crippen MR) is 112 cm³/mol. The van der Waals surface area contributed by atoms with Crippen LogP contribution in [0.15, 0.2) is 24.8 Å². The van der Waals surface area contributed by atoms with Crippen LogP contribution < -0.4 is 4.74 Å². The predicted octanol–water partition coefficient (Wildman–Crippen LogP) is 5.75. The molecule has 3 rings (SSSR count). The lowest BCUT2D eigenvalue weighted by Gasteiger charge is -2.37. The van der Waals surface area contributed by atoms with Gasteiger partial charge in [0, 0.05) is 35.1 Å². The lowest BCUT2D eigenvalue weighted by molar-refractivity contribution is -0.0624. The van der Waals surface area contributed by atoms with Crippen LogP contribution in [0.5, 0.6) is 5.75 Å². The summed E-state index contributed by atoms with van der Waals surface area (Å²) in [6, 6.07) is 3.62. The molecule has 1 aromatic heterocycles. The summed E-state index contributed by atoms with van der Waals surface area (Å²) in [7, 11) is 0. The van der Waals surface area contributed by atoms with Gasteiger partial charge >= 0.3 is 0 Å². The maximum Gasteiger partial charge on any atom is 0.137 e. The Hall–Kier alpha value is -1.30. The third kappa shape index (κ3) is 5.00. The highest BCUT2D eigenvalue weighted by Crippen LogP contribution is 2.41. The van der Waals surface area contributed by atoms with Crippen molar-refractivity contribution in [2.45, 2.75) is 71.6 Å². The van der Waals surface area contributed by atoms with E-state index >= 15 is 0 Å². The average molecular weight is 426 g/mol. The fourth-order valence-electron chi connectivity index (χ4n) is 3.78. The molecule has 1 aliphatic heterocycles. The largest absolute Gasteiger partial charge is 0.490 e. The Bertz CT molecular complexity index is 775. The van der Waals surface area contributed by atoms with Crippen LogP contribution in [0.1, 0.15) is 58.6 Å². The number of aromatic nitrogens is 3. The summed E-state index contributed by atoms with van der Waals surface area (Å²) < 4.78 is 14.5. The number of hydrogen-bond acceptors (Lipinski definition) is 4. The van der Waals surface area contributed by atoms with E-state index in [4.69, 9.17) is 32.7 Å². The molecule has 0 fully saturated rings. The van der Waals surface area contributed by atoms with E-state index < -0.39 is 0 Å². The fraction of sp³-hybridized carbons (Fsp3) is 0.619. The highest BCUT2D eigenvalue weighted by molar-refractivity contribution is 6.35. The first-order valence-corrected chi connectivity index (χ1v) is 10.7. The van der Waals surface area contributed by atoms with Gasteiger partial charge in [-0.2, -0.15) is 5.10 Å². The second-order valence-electron chi connectivity index (χ2n) is 8.50. The molecule has 154 valence electrons. The standard InChI is InChI=1S/C21H29Cl2N3O2/c1-5-6-7-27-20(21(2,3)4)18(26-13-24-12-25-26)11-15-10-16-17(23)8-14(22)9-19(16)28-15/h8-9,12-13,15,18,20H,5-7,10-11H2,1-4H3. The number of nitrogens with zero attached hydrogens (tertiary/aromatic N) is 3. The summed E-state index contributed by atoms with van der Waals surface area (Å²) in [4.78, 5) is 4.16. The monoisotopic (exact) mass is 425 g/mol. The zero-order chi connectivity index (χ0) is 20.3. The van der Waals surface area contributed by atoms with E-state index in [-0.39, 0.29) is 23.7 Å². The summed E-state index contributed by atoms with van der Waals surface area (Å²) in [6.07, 6.45) is 6.94. The molecular formula is C21H29Cl2N3O2. The van der Waals surface area contributed by atoms with Crippen molar-refractivity contribution >= 4 is 23.2 Å². The third-order valence-corrected chi connectivity index (χ3v) is 5.68. The van der Waals surface area contributed by atoms with Gasteiger partial charge in [0.15, 0.2) is 0 Å². The summed E-state index contributed by atoms with van der Waals surface area (Å²) >= 11 is 12.5. The molecule has 1 aliphatic rings. The van der Waals surface area contributed by atoms with E-state index in [2.05, 4.69) is 37.8 Å². The molecule has 0 radical (unpaired) electrons. The van der Waals surface area contributed by atoms with Gasteiger partial charge in [-0.25, -0.2) is 9.67 Å². The van der Waals surface area contributed by atoms with Crippen molar-refractivity contribution in [3.05, 3.63) is 40.4 Å². The quantitative estimate of drug-likeness (QED) is 0.505. The van der Waals surface area contributed by atoms with Crippen LogP contribution in [0.25, 0.3) is 0 Å². The molecular weight excluding hydrogens is 397 g/mol. The Morgan fingerprint density at radius 2 is 2.11 bits per heavy atom. The minimum absolute atomic E-state index is 0.00733. The van der Waals surface area contributed by atoms with E-state index in [0.717, 1.165) is 43.6 Å². The zero-order valence-corrected chi connectivity index (χ0v) is 18.5. The molecule has 0 saturated heterocycles. The smallest absolute Gasteiger partial charge is 0.137 e. The molecule has 5 nitrogen and oxygen atoms in total. The molecule has 0 amide bonds. The number of halogens is 2. The summed E-state index contributed by atoms with van der Waals surface area (Å²) in [6.45, 7) is 9.51. The topological polar surface area (TPSA) is 49.2 Å². The van der Waals surface area contributed by atoms with Crippen molar-refractivity contribution in [2.24, 2.45) is 5.41 Å². The molecule has 3 unspecified atom stereocenters. The second-order valence-corrected chi connectivity index (χ2v) is 9.34. The molecule has 28 heavy (non-hydrogen) atoms. The highest BCUT2D eigenvalue weighted by Gasteiger charge is 2.38. The van der Waals surface area contributed by atoms with Crippen LogP contribution in [0, 0.1) is 5.41 Å². The van der Waals surface area contributed by atoms with Crippen LogP contribution in [0.4, 0.5) is 0 Å². The lowest BCUT2D eigenvalue weighted by atomic mass is 9.82. The summed E-state index contributed by atoms with van der Waals surface area (Å²) in [5, 5.41) is 5.68.